The molecule has 2 rings (SSSR count). The number of ether oxygens (including phenoxy) is 3. The van der Waals surface area contributed by atoms with Crippen LogP contribution in [0, 0.1) is 5.82 Å². The molecule has 0 aliphatic rings. The average molecular weight is 545 g/mol. The molecule has 6 nitrogen and oxygen atoms in total. The minimum Gasteiger partial charge on any atom is -0.493 e. The van der Waals surface area contributed by atoms with Gasteiger partial charge in [-0.3, -0.25) is 4.99 Å². The van der Waals surface area contributed by atoms with Gasteiger partial charge in [-0.1, -0.05) is 32.0 Å². The molecule has 2 aromatic rings. The summed E-state index contributed by atoms with van der Waals surface area (Å²) in [6.07, 6.45) is 0.706. The number of rotatable bonds is 9. The van der Waals surface area contributed by atoms with E-state index in [1.54, 1.807) is 40.5 Å². The van der Waals surface area contributed by atoms with Crippen LogP contribution in [0.5, 0.6) is 17.2 Å². The lowest BCUT2D eigenvalue weighted by Crippen LogP contribution is -2.44. The minimum atomic E-state index is -0.258. The first-order valence-corrected chi connectivity index (χ1v) is 9.84. The number of guanidine groups is 1. The fraction of sp³-hybridized carbons (Fsp3) is 0.435. The Bertz CT molecular complexity index is 875. The molecule has 0 aromatic heterocycles. The van der Waals surface area contributed by atoms with E-state index in [1.807, 2.05) is 18.2 Å². The zero-order valence-corrected chi connectivity index (χ0v) is 21.4. The highest BCUT2D eigenvalue weighted by Gasteiger charge is 2.21. The molecule has 0 fully saturated rings. The van der Waals surface area contributed by atoms with Crippen molar-refractivity contribution in [3.05, 3.63) is 53.3 Å². The molecular formula is C23H33FIN3O3. The third-order valence-corrected chi connectivity index (χ3v) is 5.00. The standard InChI is InChI=1S/C23H32FN3O3.HI/c1-23(2,17-8-7-9-18(24)14-17)15-27-22(25-3)26-13-12-16-10-11-19(28-4)21(30-6)20(16)29-5;/h7-11,14H,12-13,15H2,1-6H3,(H2,25,26,27);1H. The van der Waals surface area contributed by atoms with Crippen LogP contribution in [0.25, 0.3) is 0 Å². The average Bonchev–Trinajstić information content (AvgIpc) is 2.75. The maximum Gasteiger partial charge on any atom is 0.203 e. The fourth-order valence-corrected chi connectivity index (χ4v) is 3.21. The van der Waals surface area contributed by atoms with E-state index in [2.05, 4.69) is 29.5 Å². The third-order valence-electron chi connectivity index (χ3n) is 5.00. The molecule has 0 unspecified atom stereocenters. The van der Waals surface area contributed by atoms with Gasteiger partial charge in [-0.2, -0.15) is 0 Å². The Balaban J connectivity index is 0.00000480. The largest absolute Gasteiger partial charge is 0.493 e. The van der Waals surface area contributed by atoms with Gasteiger partial charge in [0.15, 0.2) is 17.5 Å². The summed E-state index contributed by atoms with van der Waals surface area (Å²) in [6, 6.07) is 10.5. The summed E-state index contributed by atoms with van der Waals surface area (Å²) in [4.78, 5) is 4.28. The van der Waals surface area contributed by atoms with E-state index in [9.17, 15) is 4.39 Å². The second-order valence-electron chi connectivity index (χ2n) is 7.49. The molecule has 0 bridgehead atoms. The van der Waals surface area contributed by atoms with Crippen molar-refractivity contribution in [3.63, 3.8) is 0 Å². The number of methoxy groups -OCH3 is 3. The third kappa shape index (κ3) is 7.15. The first-order valence-electron chi connectivity index (χ1n) is 9.84. The molecule has 0 heterocycles. The Kier molecular flexibility index (Phi) is 10.9. The summed E-state index contributed by atoms with van der Waals surface area (Å²) in [6.45, 7) is 5.38. The smallest absolute Gasteiger partial charge is 0.203 e. The van der Waals surface area contributed by atoms with E-state index in [0.29, 0.717) is 42.7 Å². The van der Waals surface area contributed by atoms with Crippen molar-refractivity contribution in [3.8, 4) is 17.2 Å². The topological polar surface area (TPSA) is 64.1 Å². The van der Waals surface area contributed by atoms with Gasteiger partial charge >= 0.3 is 0 Å². The number of halogens is 2. The van der Waals surface area contributed by atoms with Crippen molar-refractivity contribution < 1.29 is 18.6 Å². The summed E-state index contributed by atoms with van der Waals surface area (Å²) >= 11 is 0. The molecule has 0 saturated heterocycles. The molecule has 0 amide bonds. The van der Waals surface area contributed by atoms with Crippen LogP contribution in [0.2, 0.25) is 0 Å². The lowest BCUT2D eigenvalue weighted by molar-refractivity contribution is 0.322. The van der Waals surface area contributed by atoms with Crippen molar-refractivity contribution in [2.24, 2.45) is 4.99 Å². The molecule has 0 atom stereocenters. The highest BCUT2D eigenvalue weighted by Crippen LogP contribution is 2.39. The van der Waals surface area contributed by atoms with E-state index in [-0.39, 0.29) is 35.2 Å². The zero-order valence-electron chi connectivity index (χ0n) is 19.0. The van der Waals surface area contributed by atoms with Crippen molar-refractivity contribution in [1.82, 2.24) is 10.6 Å². The van der Waals surface area contributed by atoms with Crippen molar-refractivity contribution >= 4 is 29.9 Å². The predicted octanol–water partition coefficient (Wildman–Crippen LogP) is 4.15. The molecule has 0 aliphatic carbocycles. The molecule has 0 saturated carbocycles. The Morgan fingerprint density at radius 1 is 1.00 bits per heavy atom. The summed E-state index contributed by atoms with van der Waals surface area (Å²) in [7, 11) is 6.53. The van der Waals surface area contributed by atoms with Gasteiger partial charge in [0.25, 0.3) is 0 Å². The molecule has 0 radical (unpaired) electrons. The number of aliphatic imine (C=N–C) groups is 1. The molecule has 31 heavy (non-hydrogen) atoms. The first kappa shape index (κ1) is 26.8. The van der Waals surface area contributed by atoms with Crippen LogP contribution in [-0.2, 0) is 11.8 Å². The predicted molar refractivity (Wildman–Crippen MR) is 134 cm³/mol. The minimum absolute atomic E-state index is 0. The van der Waals surface area contributed by atoms with Crippen LogP contribution >= 0.6 is 24.0 Å². The molecule has 0 spiro atoms. The molecule has 2 aromatic carbocycles. The van der Waals surface area contributed by atoms with Gasteiger partial charge in [0.1, 0.15) is 5.82 Å². The zero-order chi connectivity index (χ0) is 22.1. The van der Waals surface area contributed by atoms with E-state index in [0.717, 1.165) is 11.1 Å². The van der Waals surface area contributed by atoms with Crippen LogP contribution in [-0.4, -0.2) is 47.4 Å². The normalized spacial score (nSPS) is 11.4. The van der Waals surface area contributed by atoms with Gasteiger partial charge in [-0.15, -0.1) is 24.0 Å². The van der Waals surface area contributed by atoms with Gasteiger partial charge in [0.2, 0.25) is 5.75 Å². The lowest BCUT2D eigenvalue weighted by Gasteiger charge is -2.27. The van der Waals surface area contributed by atoms with Crippen molar-refractivity contribution in [2.45, 2.75) is 25.7 Å². The second kappa shape index (κ2) is 12.6. The SMILES string of the molecule is CN=C(NCCc1ccc(OC)c(OC)c1OC)NCC(C)(C)c1cccc(F)c1.I. The van der Waals surface area contributed by atoms with Gasteiger partial charge in [-0.05, 0) is 30.2 Å². The molecular weight excluding hydrogens is 512 g/mol. The summed E-state index contributed by atoms with van der Waals surface area (Å²) in [5.74, 6) is 2.32. The summed E-state index contributed by atoms with van der Waals surface area (Å²) < 4.78 is 29.9. The maximum absolute atomic E-state index is 13.6. The highest BCUT2D eigenvalue weighted by atomic mass is 127. The van der Waals surface area contributed by atoms with Crippen molar-refractivity contribution in [2.75, 3.05) is 41.5 Å². The fourth-order valence-electron chi connectivity index (χ4n) is 3.21. The van der Waals surface area contributed by atoms with E-state index in [4.69, 9.17) is 14.2 Å². The molecule has 8 heteroatoms. The Morgan fingerprint density at radius 3 is 2.29 bits per heavy atom. The number of hydrogen-bond donors (Lipinski definition) is 2. The number of benzene rings is 2. The monoisotopic (exact) mass is 545 g/mol. The molecule has 0 aliphatic heterocycles. The highest BCUT2D eigenvalue weighted by molar-refractivity contribution is 14.0. The Hall–Kier alpha value is -2.23. The lowest BCUT2D eigenvalue weighted by atomic mass is 9.84. The number of nitrogens with one attached hydrogen (secondary N) is 2. The Labute approximate surface area is 201 Å². The van der Waals surface area contributed by atoms with Crippen LogP contribution in [0.15, 0.2) is 41.4 Å². The van der Waals surface area contributed by atoms with Crippen LogP contribution in [0.4, 0.5) is 4.39 Å². The van der Waals surface area contributed by atoms with Crippen molar-refractivity contribution in [1.29, 1.82) is 0 Å². The summed E-state index contributed by atoms with van der Waals surface area (Å²) in [5, 5.41) is 6.63. The second-order valence-corrected chi connectivity index (χ2v) is 7.49. The van der Waals surface area contributed by atoms with Gasteiger partial charge in [0, 0.05) is 31.1 Å². The Morgan fingerprint density at radius 2 is 1.71 bits per heavy atom. The van der Waals surface area contributed by atoms with E-state index in [1.165, 1.54) is 6.07 Å². The van der Waals surface area contributed by atoms with E-state index >= 15 is 0 Å². The van der Waals surface area contributed by atoms with E-state index < -0.39 is 0 Å². The molecule has 2 N–H and O–H groups in total. The van der Waals surface area contributed by atoms with Crippen LogP contribution in [0.3, 0.4) is 0 Å². The quantitative estimate of drug-likeness (QED) is 0.282. The number of nitrogens with zero attached hydrogens (tertiary/aromatic N) is 1. The van der Waals surface area contributed by atoms with Crippen LogP contribution < -0.4 is 24.8 Å². The first-order chi connectivity index (χ1) is 14.4. The van der Waals surface area contributed by atoms with Gasteiger partial charge in [-0.25, -0.2) is 4.39 Å². The molecule has 172 valence electrons. The van der Waals surface area contributed by atoms with Gasteiger partial charge in [0.05, 0.1) is 21.3 Å². The summed E-state index contributed by atoms with van der Waals surface area (Å²) in [5.41, 5.74) is 1.67. The van der Waals surface area contributed by atoms with Gasteiger partial charge < -0.3 is 24.8 Å². The number of hydrogen-bond acceptors (Lipinski definition) is 4. The maximum atomic E-state index is 13.6. The van der Waals surface area contributed by atoms with Crippen LogP contribution in [0.1, 0.15) is 25.0 Å².